The molecule has 0 aromatic heterocycles. The van der Waals surface area contributed by atoms with E-state index in [2.05, 4.69) is 0 Å². The van der Waals surface area contributed by atoms with Gasteiger partial charge < -0.3 is 14.4 Å². The quantitative estimate of drug-likeness (QED) is 0.708. The van der Waals surface area contributed by atoms with E-state index in [0.29, 0.717) is 19.4 Å². The molecule has 0 saturated carbocycles. The lowest BCUT2D eigenvalue weighted by Gasteiger charge is -2.40. The third-order valence-corrected chi connectivity index (χ3v) is 4.67. The van der Waals surface area contributed by atoms with Crippen molar-refractivity contribution >= 4 is 11.9 Å². The molecule has 0 aromatic rings. The first-order valence-corrected chi connectivity index (χ1v) is 8.70. The number of carbonyl (C=O) groups is 2. The van der Waals surface area contributed by atoms with Gasteiger partial charge in [0.25, 0.3) is 0 Å². The van der Waals surface area contributed by atoms with Gasteiger partial charge in [0.05, 0.1) is 18.3 Å². The van der Waals surface area contributed by atoms with Gasteiger partial charge >= 0.3 is 5.97 Å². The molecule has 2 aliphatic rings. The SMILES string of the molecule is CCCC(=O)N1CCC[C@]2(CC[C@H](CCC(=O)OCC)O2)C1. The summed E-state index contributed by atoms with van der Waals surface area (Å²) in [6.45, 7) is 5.87. The van der Waals surface area contributed by atoms with E-state index in [9.17, 15) is 9.59 Å². The second-order valence-corrected chi connectivity index (χ2v) is 6.47. The normalized spacial score (nSPS) is 28.1. The molecule has 2 aliphatic heterocycles. The van der Waals surface area contributed by atoms with Crippen LogP contribution in [0.5, 0.6) is 0 Å². The van der Waals surface area contributed by atoms with Crippen LogP contribution in [-0.4, -0.2) is 48.2 Å². The van der Waals surface area contributed by atoms with E-state index in [0.717, 1.165) is 51.6 Å². The summed E-state index contributed by atoms with van der Waals surface area (Å²) in [5.41, 5.74) is -0.166. The fraction of sp³-hybridized carbons (Fsp3) is 0.882. The molecular weight excluding hydrogens is 282 g/mol. The van der Waals surface area contributed by atoms with Crippen LogP contribution in [0.15, 0.2) is 0 Å². The second kappa shape index (κ2) is 7.95. The van der Waals surface area contributed by atoms with Gasteiger partial charge in [0.15, 0.2) is 0 Å². The molecule has 2 heterocycles. The highest BCUT2D eigenvalue weighted by Gasteiger charge is 2.43. The van der Waals surface area contributed by atoms with E-state index in [4.69, 9.17) is 9.47 Å². The van der Waals surface area contributed by atoms with Crippen LogP contribution in [0.2, 0.25) is 0 Å². The Bertz CT molecular complexity index is 398. The zero-order valence-corrected chi connectivity index (χ0v) is 13.9. The lowest BCUT2D eigenvalue weighted by atomic mass is 9.89. The number of amides is 1. The van der Waals surface area contributed by atoms with Gasteiger partial charge in [-0.05, 0) is 45.4 Å². The fourth-order valence-electron chi connectivity index (χ4n) is 3.59. The molecule has 5 nitrogen and oxygen atoms in total. The van der Waals surface area contributed by atoms with Crippen LogP contribution in [0.25, 0.3) is 0 Å². The van der Waals surface area contributed by atoms with Crippen LogP contribution in [0.1, 0.15) is 65.2 Å². The van der Waals surface area contributed by atoms with E-state index in [-0.39, 0.29) is 23.6 Å². The molecule has 0 unspecified atom stereocenters. The summed E-state index contributed by atoms with van der Waals surface area (Å²) < 4.78 is 11.2. The summed E-state index contributed by atoms with van der Waals surface area (Å²) in [5, 5.41) is 0. The third kappa shape index (κ3) is 4.45. The smallest absolute Gasteiger partial charge is 0.305 e. The van der Waals surface area contributed by atoms with Crippen LogP contribution in [0, 0.1) is 0 Å². The molecule has 2 fully saturated rings. The van der Waals surface area contributed by atoms with Gasteiger partial charge in [-0.2, -0.15) is 0 Å². The van der Waals surface area contributed by atoms with Gasteiger partial charge in [-0.15, -0.1) is 0 Å². The van der Waals surface area contributed by atoms with Crippen LogP contribution in [0.3, 0.4) is 0 Å². The van der Waals surface area contributed by atoms with Crippen molar-refractivity contribution in [3.05, 3.63) is 0 Å². The highest BCUT2D eigenvalue weighted by molar-refractivity contribution is 5.76. The lowest BCUT2D eigenvalue weighted by molar-refractivity contribution is -0.146. The zero-order chi connectivity index (χ0) is 16.0. The van der Waals surface area contributed by atoms with Crippen molar-refractivity contribution in [3.8, 4) is 0 Å². The number of ether oxygens (including phenoxy) is 2. The molecule has 22 heavy (non-hydrogen) atoms. The molecule has 0 bridgehead atoms. The van der Waals surface area contributed by atoms with Crippen molar-refractivity contribution in [1.82, 2.24) is 4.90 Å². The van der Waals surface area contributed by atoms with Gasteiger partial charge in [-0.25, -0.2) is 0 Å². The molecule has 1 amide bonds. The Morgan fingerprint density at radius 1 is 1.27 bits per heavy atom. The minimum atomic E-state index is -0.166. The number of hydrogen-bond acceptors (Lipinski definition) is 4. The van der Waals surface area contributed by atoms with Gasteiger partial charge in [0, 0.05) is 25.9 Å². The predicted molar refractivity (Wildman–Crippen MR) is 83.4 cm³/mol. The second-order valence-electron chi connectivity index (χ2n) is 6.47. The summed E-state index contributed by atoms with van der Waals surface area (Å²) in [6, 6.07) is 0. The Morgan fingerprint density at radius 3 is 2.82 bits per heavy atom. The number of esters is 1. The van der Waals surface area contributed by atoms with Crippen molar-refractivity contribution in [2.45, 2.75) is 76.9 Å². The average molecular weight is 311 g/mol. The summed E-state index contributed by atoms with van der Waals surface area (Å²) >= 11 is 0. The Hall–Kier alpha value is -1.10. The van der Waals surface area contributed by atoms with E-state index in [1.165, 1.54) is 0 Å². The number of likely N-dealkylation sites (tertiary alicyclic amines) is 1. The minimum absolute atomic E-state index is 0.130. The Balaban J connectivity index is 1.82. The maximum Gasteiger partial charge on any atom is 0.305 e. The van der Waals surface area contributed by atoms with E-state index in [1.807, 2.05) is 18.7 Å². The van der Waals surface area contributed by atoms with Crippen molar-refractivity contribution in [2.24, 2.45) is 0 Å². The fourth-order valence-corrected chi connectivity index (χ4v) is 3.59. The molecule has 2 rings (SSSR count). The Labute approximate surface area is 133 Å². The molecule has 0 aromatic carbocycles. The molecular formula is C17H29NO4. The number of carbonyl (C=O) groups excluding carboxylic acids is 2. The van der Waals surface area contributed by atoms with Crippen molar-refractivity contribution in [2.75, 3.05) is 19.7 Å². The highest BCUT2D eigenvalue weighted by Crippen LogP contribution is 2.39. The predicted octanol–water partition coefficient (Wildman–Crippen LogP) is 2.67. The molecule has 2 atom stereocenters. The summed E-state index contributed by atoms with van der Waals surface area (Å²) in [6.07, 6.45) is 6.82. The Morgan fingerprint density at radius 2 is 2.09 bits per heavy atom. The molecule has 0 aliphatic carbocycles. The molecule has 2 saturated heterocycles. The first-order chi connectivity index (χ1) is 10.6. The molecule has 0 N–H and O–H groups in total. The van der Waals surface area contributed by atoms with E-state index >= 15 is 0 Å². The van der Waals surface area contributed by atoms with Crippen molar-refractivity contribution in [3.63, 3.8) is 0 Å². The van der Waals surface area contributed by atoms with Crippen LogP contribution in [-0.2, 0) is 19.1 Å². The average Bonchev–Trinajstić information content (AvgIpc) is 2.88. The number of nitrogens with zero attached hydrogens (tertiary/aromatic N) is 1. The summed E-state index contributed by atoms with van der Waals surface area (Å²) in [4.78, 5) is 25.5. The van der Waals surface area contributed by atoms with Crippen molar-refractivity contribution < 1.29 is 19.1 Å². The van der Waals surface area contributed by atoms with Gasteiger partial charge in [-0.1, -0.05) is 6.92 Å². The molecule has 126 valence electrons. The highest BCUT2D eigenvalue weighted by atomic mass is 16.5. The third-order valence-electron chi connectivity index (χ3n) is 4.67. The molecule has 0 radical (unpaired) electrons. The van der Waals surface area contributed by atoms with Crippen molar-refractivity contribution in [1.29, 1.82) is 0 Å². The van der Waals surface area contributed by atoms with Crippen LogP contribution in [0.4, 0.5) is 0 Å². The summed E-state index contributed by atoms with van der Waals surface area (Å²) in [5.74, 6) is 0.107. The van der Waals surface area contributed by atoms with E-state index in [1.54, 1.807) is 0 Å². The first kappa shape index (κ1) is 17.3. The van der Waals surface area contributed by atoms with E-state index < -0.39 is 0 Å². The maximum atomic E-state index is 12.1. The van der Waals surface area contributed by atoms with Gasteiger partial charge in [0.1, 0.15) is 0 Å². The molecule has 1 spiro atoms. The lowest BCUT2D eigenvalue weighted by Crippen LogP contribution is -2.50. The zero-order valence-electron chi connectivity index (χ0n) is 13.9. The van der Waals surface area contributed by atoms with Crippen LogP contribution < -0.4 is 0 Å². The molecule has 5 heteroatoms. The summed E-state index contributed by atoms with van der Waals surface area (Å²) in [7, 11) is 0. The Kier molecular flexibility index (Phi) is 6.24. The van der Waals surface area contributed by atoms with Gasteiger partial charge in [0.2, 0.25) is 5.91 Å². The maximum absolute atomic E-state index is 12.1. The number of piperidine rings is 1. The monoisotopic (exact) mass is 311 g/mol. The number of hydrogen-bond donors (Lipinski definition) is 0. The standard InChI is InChI=1S/C17H29NO4/c1-3-6-15(19)18-12-5-10-17(13-18)11-9-14(22-17)7-8-16(20)21-4-2/h14H,3-13H2,1-2H3/t14-,17-/m0/s1. The van der Waals surface area contributed by atoms with Gasteiger partial charge in [-0.3, -0.25) is 9.59 Å². The first-order valence-electron chi connectivity index (χ1n) is 8.70. The topological polar surface area (TPSA) is 55.8 Å². The minimum Gasteiger partial charge on any atom is -0.466 e. The number of rotatable bonds is 6. The largest absolute Gasteiger partial charge is 0.466 e. The van der Waals surface area contributed by atoms with Crippen LogP contribution >= 0.6 is 0 Å².